The molecule has 0 fully saturated rings. The lowest BCUT2D eigenvalue weighted by molar-refractivity contribution is 1.18. The summed E-state index contributed by atoms with van der Waals surface area (Å²) in [5.41, 5.74) is 2.99. The lowest BCUT2D eigenvalue weighted by atomic mass is 10.3. The lowest BCUT2D eigenvalue weighted by Crippen LogP contribution is -1.92. The Morgan fingerprint density at radius 2 is 1.81 bits per heavy atom. The molecule has 1 N–H and O–H groups in total. The molecule has 0 unspecified atom stereocenters. The molecule has 4 nitrogen and oxygen atoms in total. The van der Waals surface area contributed by atoms with Gasteiger partial charge in [-0.1, -0.05) is 0 Å². The highest BCUT2D eigenvalue weighted by Crippen LogP contribution is 2.15. The Kier molecular flexibility index (Phi) is 2.04. The largest absolute Gasteiger partial charge is 0.354 e. The molecule has 0 aliphatic rings. The molecule has 4 heteroatoms. The zero-order valence-electron chi connectivity index (χ0n) is 8.54. The number of rotatable bonds is 2. The zero-order valence-corrected chi connectivity index (χ0v) is 8.54. The molecule has 3 rings (SSSR count). The second kappa shape index (κ2) is 3.66. The molecule has 0 bridgehead atoms. The molecule has 0 aliphatic carbocycles. The first kappa shape index (κ1) is 8.91. The van der Waals surface area contributed by atoms with Gasteiger partial charge in [-0.25, -0.2) is 4.98 Å². The second-order valence-electron chi connectivity index (χ2n) is 3.47. The number of pyridine rings is 2. The zero-order chi connectivity index (χ0) is 10.8. The Morgan fingerprint density at radius 1 is 0.938 bits per heavy atom. The highest BCUT2D eigenvalue weighted by molar-refractivity contribution is 5.60. The van der Waals surface area contributed by atoms with E-state index in [-0.39, 0.29) is 0 Å². The Morgan fingerprint density at radius 3 is 2.69 bits per heavy atom. The predicted molar refractivity (Wildman–Crippen MR) is 62.7 cm³/mol. The van der Waals surface area contributed by atoms with E-state index in [1.165, 1.54) is 0 Å². The van der Waals surface area contributed by atoms with Crippen LogP contribution in [0.4, 0.5) is 11.4 Å². The molecule has 0 aliphatic heterocycles. The second-order valence-corrected chi connectivity index (χ2v) is 3.47. The molecule has 0 atom stereocenters. The van der Waals surface area contributed by atoms with Crippen LogP contribution in [0.2, 0.25) is 0 Å². The van der Waals surface area contributed by atoms with E-state index in [9.17, 15) is 0 Å². The molecular weight excluding hydrogens is 200 g/mol. The van der Waals surface area contributed by atoms with E-state index in [0.717, 1.165) is 17.0 Å². The van der Waals surface area contributed by atoms with Gasteiger partial charge in [-0.15, -0.1) is 0 Å². The van der Waals surface area contributed by atoms with Crippen molar-refractivity contribution >= 4 is 17.0 Å². The third-order valence-corrected chi connectivity index (χ3v) is 2.36. The summed E-state index contributed by atoms with van der Waals surface area (Å²) >= 11 is 0. The maximum Gasteiger partial charge on any atom is 0.136 e. The van der Waals surface area contributed by atoms with Gasteiger partial charge in [0.1, 0.15) is 5.65 Å². The van der Waals surface area contributed by atoms with Crippen molar-refractivity contribution in [1.29, 1.82) is 0 Å². The number of hydrogen-bond donors (Lipinski definition) is 1. The van der Waals surface area contributed by atoms with Crippen molar-refractivity contribution in [3.8, 4) is 0 Å². The molecule has 0 saturated heterocycles. The predicted octanol–water partition coefficient (Wildman–Crippen LogP) is 2.47. The van der Waals surface area contributed by atoms with Gasteiger partial charge in [-0.3, -0.25) is 4.98 Å². The van der Waals surface area contributed by atoms with Crippen molar-refractivity contribution in [3.63, 3.8) is 0 Å². The first-order valence-electron chi connectivity index (χ1n) is 5.01. The first-order valence-corrected chi connectivity index (χ1v) is 5.01. The van der Waals surface area contributed by atoms with Gasteiger partial charge >= 0.3 is 0 Å². The number of imidazole rings is 1. The molecule has 3 heterocycles. The van der Waals surface area contributed by atoms with Crippen molar-refractivity contribution in [2.24, 2.45) is 0 Å². The van der Waals surface area contributed by atoms with Crippen LogP contribution in [0.25, 0.3) is 5.65 Å². The van der Waals surface area contributed by atoms with E-state index in [4.69, 9.17) is 0 Å². The molecule has 78 valence electrons. The van der Waals surface area contributed by atoms with Crippen LogP contribution in [-0.2, 0) is 0 Å². The highest BCUT2D eigenvalue weighted by Gasteiger charge is 1.96. The molecule has 3 aromatic heterocycles. The summed E-state index contributed by atoms with van der Waals surface area (Å²) in [6.45, 7) is 0. The lowest BCUT2D eigenvalue weighted by Gasteiger charge is -2.05. The minimum absolute atomic E-state index is 0.945. The summed E-state index contributed by atoms with van der Waals surface area (Å²) in [4.78, 5) is 8.17. The van der Waals surface area contributed by atoms with Crippen LogP contribution in [0.3, 0.4) is 0 Å². The fourth-order valence-corrected chi connectivity index (χ4v) is 1.60. The maximum atomic E-state index is 4.19. The molecule has 0 radical (unpaired) electrons. The van der Waals surface area contributed by atoms with Crippen molar-refractivity contribution in [2.45, 2.75) is 0 Å². The minimum atomic E-state index is 0.945. The van der Waals surface area contributed by atoms with Crippen LogP contribution in [0.5, 0.6) is 0 Å². The highest BCUT2D eigenvalue weighted by atomic mass is 15.0. The van der Waals surface area contributed by atoms with Gasteiger partial charge in [0, 0.05) is 36.7 Å². The topological polar surface area (TPSA) is 42.2 Å². The standard InChI is InChI=1S/C12H10N4/c1-2-12-14-7-8-16(12)9-11(1)15-10-3-5-13-6-4-10/h1-9H,(H,13,15). The fourth-order valence-electron chi connectivity index (χ4n) is 1.60. The van der Waals surface area contributed by atoms with Crippen molar-refractivity contribution < 1.29 is 0 Å². The molecule has 0 saturated carbocycles. The SMILES string of the molecule is c1cc(Nc2ccc3nccn3c2)ccn1. The van der Waals surface area contributed by atoms with Crippen LogP contribution in [0, 0.1) is 0 Å². The van der Waals surface area contributed by atoms with E-state index in [1.54, 1.807) is 18.6 Å². The van der Waals surface area contributed by atoms with Crippen LogP contribution in [0.15, 0.2) is 55.2 Å². The smallest absolute Gasteiger partial charge is 0.136 e. The average Bonchev–Trinajstić information content (AvgIpc) is 2.77. The quantitative estimate of drug-likeness (QED) is 0.706. The van der Waals surface area contributed by atoms with Crippen molar-refractivity contribution in [2.75, 3.05) is 5.32 Å². The Bertz CT molecular complexity index is 600. The van der Waals surface area contributed by atoms with Gasteiger partial charge in [-0.05, 0) is 24.3 Å². The minimum Gasteiger partial charge on any atom is -0.354 e. The van der Waals surface area contributed by atoms with Crippen LogP contribution >= 0.6 is 0 Å². The third kappa shape index (κ3) is 1.61. The van der Waals surface area contributed by atoms with Crippen LogP contribution in [0.1, 0.15) is 0 Å². The Labute approximate surface area is 92.6 Å². The van der Waals surface area contributed by atoms with Gasteiger partial charge in [0.05, 0.1) is 5.69 Å². The maximum absolute atomic E-state index is 4.19. The Hall–Kier alpha value is -2.36. The van der Waals surface area contributed by atoms with Crippen LogP contribution in [-0.4, -0.2) is 14.4 Å². The van der Waals surface area contributed by atoms with Crippen molar-refractivity contribution in [1.82, 2.24) is 14.4 Å². The monoisotopic (exact) mass is 210 g/mol. The van der Waals surface area contributed by atoms with Gasteiger partial charge in [0.15, 0.2) is 0 Å². The third-order valence-electron chi connectivity index (χ3n) is 2.36. The fraction of sp³-hybridized carbons (Fsp3) is 0. The van der Waals surface area contributed by atoms with E-state index in [1.807, 2.05) is 41.1 Å². The Balaban J connectivity index is 1.94. The number of hydrogen-bond acceptors (Lipinski definition) is 3. The van der Waals surface area contributed by atoms with Gasteiger partial charge in [0.2, 0.25) is 0 Å². The summed E-state index contributed by atoms with van der Waals surface area (Å²) in [7, 11) is 0. The summed E-state index contributed by atoms with van der Waals surface area (Å²) in [6, 6.07) is 7.84. The van der Waals surface area contributed by atoms with E-state index >= 15 is 0 Å². The summed E-state index contributed by atoms with van der Waals surface area (Å²) in [6.07, 6.45) is 9.23. The molecule has 0 aromatic carbocycles. The number of nitrogens with one attached hydrogen (secondary N) is 1. The van der Waals surface area contributed by atoms with Crippen LogP contribution < -0.4 is 5.32 Å². The van der Waals surface area contributed by atoms with E-state index < -0.39 is 0 Å². The molecule has 16 heavy (non-hydrogen) atoms. The van der Waals surface area contributed by atoms with Gasteiger partial charge < -0.3 is 9.72 Å². The number of nitrogens with zero attached hydrogens (tertiary/aromatic N) is 3. The molecule has 3 aromatic rings. The summed E-state index contributed by atoms with van der Waals surface area (Å²) < 4.78 is 1.98. The van der Waals surface area contributed by atoms with E-state index in [0.29, 0.717) is 0 Å². The summed E-state index contributed by atoms with van der Waals surface area (Å²) in [5.74, 6) is 0. The van der Waals surface area contributed by atoms with Gasteiger partial charge in [0.25, 0.3) is 0 Å². The molecule has 0 spiro atoms. The van der Waals surface area contributed by atoms with E-state index in [2.05, 4.69) is 15.3 Å². The summed E-state index contributed by atoms with van der Waals surface area (Å²) in [5, 5.41) is 3.30. The number of fused-ring (bicyclic) bond motifs is 1. The average molecular weight is 210 g/mol. The number of anilines is 2. The molecular formula is C12H10N4. The first-order chi connectivity index (χ1) is 7.92. The number of aromatic nitrogens is 3. The molecule has 0 amide bonds. The normalized spacial score (nSPS) is 10.5. The van der Waals surface area contributed by atoms with Crippen molar-refractivity contribution in [3.05, 3.63) is 55.2 Å². The van der Waals surface area contributed by atoms with Gasteiger partial charge in [-0.2, -0.15) is 0 Å².